The molecular weight excluding hydrogens is 817 g/mol. The summed E-state index contributed by atoms with van der Waals surface area (Å²) >= 11 is 0. The Balaban J connectivity index is 1.23. The van der Waals surface area contributed by atoms with Crippen LogP contribution in [-0.4, -0.2) is 0 Å². The summed E-state index contributed by atoms with van der Waals surface area (Å²) in [4.78, 5) is 0. The zero-order valence-electron chi connectivity index (χ0n) is 38.4. The van der Waals surface area contributed by atoms with Crippen LogP contribution in [0.5, 0.6) is 0 Å². The molecule has 0 saturated heterocycles. The van der Waals surface area contributed by atoms with Crippen molar-refractivity contribution >= 4 is 0 Å². The molecule has 68 heavy (non-hydrogen) atoms. The highest BCUT2D eigenvalue weighted by Crippen LogP contribution is 2.53. The van der Waals surface area contributed by atoms with Crippen molar-refractivity contribution in [2.24, 2.45) is 0 Å². The summed E-state index contributed by atoms with van der Waals surface area (Å²) in [5.74, 6) is 0. The van der Waals surface area contributed by atoms with E-state index in [4.69, 9.17) is 0 Å². The molecule has 11 rings (SSSR count). The average molecular weight is 867 g/mol. The summed E-state index contributed by atoms with van der Waals surface area (Å²) in [6.45, 7) is 4.32. The molecule has 0 saturated carbocycles. The van der Waals surface area contributed by atoms with Crippen molar-refractivity contribution in [1.82, 2.24) is 0 Å². The zero-order valence-corrected chi connectivity index (χ0v) is 38.4. The number of rotatable bonds is 10. The highest BCUT2D eigenvalue weighted by Gasteiger charge is 2.26. The lowest BCUT2D eigenvalue weighted by atomic mass is 9.77. The Morgan fingerprint density at radius 1 is 0.162 bits per heavy atom. The molecule has 0 radical (unpaired) electrons. The van der Waals surface area contributed by atoms with E-state index >= 15 is 0 Å². The summed E-state index contributed by atoms with van der Waals surface area (Å²) in [5, 5.41) is 0. The van der Waals surface area contributed by atoms with Gasteiger partial charge in [0.05, 0.1) is 0 Å². The highest BCUT2D eigenvalue weighted by atomic mass is 14.3. The van der Waals surface area contributed by atoms with Crippen LogP contribution in [-0.2, 0) is 0 Å². The van der Waals surface area contributed by atoms with E-state index in [0.29, 0.717) is 0 Å². The van der Waals surface area contributed by atoms with Crippen LogP contribution in [0, 0.1) is 13.8 Å². The second-order valence-corrected chi connectivity index (χ2v) is 17.7. The predicted octanol–water partition coefficient (Wildman–Crippen LogP) is 19.0. The van der Waals surface area contributed by atoms with Crippen LogP contribution in [0.3, 0.4) is 0 Å². The van der Waals surface area contributed by atoms with Crippen molar-refractivity contribution < 1.29 is 0 Å². The van der Waals surface area contributed by atoms with Gasteiger partial charge in [-0.15, -0.1) is 0 Å². The van der Waals surface area contributed by atoms with Crippen molar-refractivity contribution in [3.8, 4) is 111 Å². The van der Waals surface area contributed by atoms with Gasteiger partial charge in [0.25, 0.3) is 0 Å². The number of aryl methyl sites for hydroxylation is 2. The molecule has 0 fully saturated rings. The van der Waals surface area contributed by atoms with Crippen LogP contribution >= 0.6 is 0 Å². The second-order valence-electron chi connectivity index (χ2n) is 17.7. The fourth-order valence-electron chi connectivity index (χ4n) is 9.98. The molecule has 0 aliphatic heterocycles. The lowest BCUT2D eigenvalue weighted by Crippen LogP contribution is -1.99. The number of hydrogen-bond acceptors (Lipinski definition) is 0. The van der Waals surface area contributed by atoms with Gasteiger partial charge in [0.15, 0.2) is 0 Å². The Hall–Kier alpha value is -8.58. The molecule has 0 heterocycles. The first-order valence-corrected chi connectivity index (χ1v) is 23.6. The normalized spacial score (nSPS) is 11.1. The summed E-state index contributed by atoms with van der Waals surface area (Å²) < 4.78 is 0. The van der Waals surface area contributed by atoms with Crippen LogP contribution in [0.1, 0.15) is 11.1 Å². The molecule has 11 aromatic carbocycles. The van der Waals surface area contributed by atoms with Crippen molar-refractivity contribution in [2.75, 3.05) is 0 Å². The van der Waals surface area contributed by atoms with Crippen molar-refractivity contribution in [3.05, 3.63) is 278 Å². The van der Waals surface area contributed by atoms with E-state index in [9.17, 15) is 0 Å². The molecule has 0 amide bonds. The largest absolute Gasteiger partial charge is 0.0622 e. The highest BCUT2D eigenvalue weighted by molar-refractivity contribution is 6.10. The molecule has 0 unspecified atom stereocenters. The van der Waals surface area contributed by atoms with Crippen LogP contribution < -0.4 is 0 Å². The van der Waals surface area contributed by atoms with E-state index in [1.165, 1.54) is 111 Å². The van der Waals surface area contributed by atoms with E-state index in [1.807, 2.05) is 0 Å². The van der Waals surface area contributed by atoms with Gasteiger partial charge in [0.2, 0.25) is 0 Å². The first kappa shape index (κ1) is 42.1. The van der Waals surface area contributed by atoms with Gasteiger partial charge >= 0.3 is 0 Å². The van der Waals surface area contributed by atoms with Crippen LogP contribution in [0.2, 0.25) is 0 Å². The minimum Gasteiger partial charge on any atom is -0.0622 e. The maximum Gasteiger partial charge on any atom is -0.00143 e. The standard InChI is InChI=1S/C68H50/c1-47-33-37-51(38-34-47)61-45-59(49-21-9-3-10-22-49)65(67(55-29-17-7-18-30-55)63(61)53-25-13-5-14-26-53)57-41-43-58(44-42-57)66-60(50-23-11-4-12-24-50)46-62(52-39-35-48(2)36-40-52)64(54-27-15-6-16-28-54)68(66)56-31-19-8-20-32-56/h3-46H,1-2H3. The summed E-state index contributed by atoms with van der Waals surface area (Å²) in [5.41, 5.74) is 26.3. The van der Waals surface area contributed by atoms with Gasteiger partial charge in [-0.3, -0.25) is 0 Å². The Labute approximate surface area is 401 Å². The van der Waals surface area contributed by atoms with Crippen LogP contribution in [0.4, 0.5) is 0 Å². The fraction of sp³-hybridized carbons (Fsp3) is 0.0294. The third kappa shape index (κ3) is 8.19. The SMILES string of the molecule is Cc1ccc(-c2cc(-c3ccccc3)c(-c3ccc(-c4c(-c5ccccc5)cc(-c5ccc(C)cc5)c(-c5ccccc5)c4-c4ccccc4)cc3)c(-c3ccccc3)c2-c2ccccc2)cc1. The molecule has 0 aromatic heterocycles. The van der Waals surface area contributed by atoms with E-state index in [1.54, 1.807) is 0 Å². The summed E-state index contributed by atoms with van der Waals surface area (Å²) in [6.07, 6.45) is 0. The second kappa shape index (κ2) is 18.7. The predicted molar refractivity (Wildman–Crippen MR) is 290 cm³/mol. The molecule has 11 aromatic rings. The van der Waals surface area contributed by atoms with Gasteiger partial charge in [0.1, 0.15) is 0 Å². The van der Waals surface area contributed by atoms with Gasteiger partial charge in [-0.1, -0.05) is 266 Å². The fourth-order valence-corrected chi connectivity index (χ4v) is 9.98. The molecule has 322 valence electrons. The van der Waals surface area contributed by atoms with Crippen LogP contribution in [0.15, 0.2) is 267 Å². The van der Waals surface area contributed by atoms with Crippen molar-refractivity contribution in [3.63, 3.8) is 0 Å². The summed E-state index contributed by atoms with van der Waals surface area (Å²) in [6, 6.07) is 98.1. The van der Waals surface area contributed by atoms with Gasteiger partial charge in [-0.05, 0) is 137 Å². The topological polar surface area (TPSA) is 0 Å². The van der Waals surface area contributed by atoms with Gasteiger partial charge in [-0.25, -0.2) is 0 Å². The van der Waals surface area contributed by atoms with E-state index in [2.05, 4.69) is 281 Å². The molecule has 0 spiro atoms. The van der Waals surface area contributed by atoms with Gasteiger partial charge < -0.3 is 0 Å². The smallest absolute Gasteiger partial charge is 0.00143 e. The van der Waals surface area contributed by atoms with E-state index in [-0.39, 0.29) is 0 Å². The molecule has 0 heteroatoms. The number of hydrogen-bond donors (Lipinski definition) is 0. The van der Waals surface area contributed by atoms with Crippen molar-refractivity contribution in [1.29, 1.82) is 0 Å². The molecule has 0 N–H and O–H groups in total. The molecular formula is C68H50. The first-order valence-electron chi connectivity index (χ1n) is 23.6. The molecule has 0 atom stereocenters. The quantitative estimate of drug-likeness (QED) is 0.128. The maximum atomic E-state index is 2.44. The summed E-state index contributed by atoms with van der Waals surface area (Å²) in [7, 11) is 0. The van der Waals surface area contributed by atoms with E-state index in [0.717, 1.165) is 11.1 Å². The third-order valence-corrected chi connectivity index (χ3v) is 13.3. The average Bonchev–Trinajstić information content (AvgIpc) is 3.41. The maximum absolute atomic E-state index is 2.44. The minimum atomic E-state index is 1.15. The lowest BCUT2D eigenvalue weighted by molar-refractivity contribution is 1.46. The monoisotopic (exact) mass is 866 g/mol. The van der Waals surface area contributed by atoms with Crippen LogP contribution in [0.25, 0.3) is 111 Å². The zero-order chi connectivity index (χ0) is 45.8. The molecule has 0 bridgehead atoms. The number of benzene rings is 11. The minimum absolute atomic E-state index is 1.15. The Morgan fingerprint density at radius 3 is 0.588 bits per heavy atom. The van der Waals surface area contributed by atoms with Gasteiger partial charge in [-0.2, -0.15) is 0 Å². The molecule has 0 aliphatic rings. The lowest BCUT2D eigenvalue weighted by Gasteiger charge is -2.26. The third-order valence-electron chi connectivity index (χ3n) is 13.3. The Bertz CT molecular complexity index is 3230. The van der Waals surface area contributed by atoms with E-state index < -0.39 is 0 Å². The Kier molecular flexibility index (Phi) is 11.6. The Morgan fingerprint density at radius 2 is 0.338 bits per heavy atom. The molecule has 0 nitrogen and oxygen atoms in total. The molecule has 0 aliphatic carbocycles. The van der Waals surface area contributed by atoms with Gasteiger partial charge in [0, 0.05) is 0 Å². The first-order chi connectivity index (χ1) is 33.6. The van der Waals surface area contributed by atoms with Crippen molar-refractivity contribution in [2.45, 2.75) is 13.8 Å².